The first-order chi connectivity index (χ1) is 14.1. The lowest BCUT2D eigenvalue weighted by molar-refractivity contribution is 0.114. The first kappa shape index (κ1) is 20.4. The molecule has 1 saturated heterocycles. The number of rotatable bonds is 5. The van der Waals surface area contributed by atoms with Gasteiger partial charge in [-0.05, 0) is 63.8 Å². The fourth-order valence-electron chi connectivity index (χ4n) is 4.07. The summed E-state index contributed by atoms with van der Waals surface area (Å²) < 4.78 is 19.5. The van der Waals surface area contributed by atoms with Gasteiger partial charge in [0.25, 0.3) is 0 Å². The van der Waals surface area contributed by atoms with Gasteiger partial charge in [-0.25, -0.2) is 9.37 Å². The van der Waals surface area contributed by atoms with E-state index in [9.17, 15) is 4.39 Å². The molecule has 5 nitrogen and oxygen atoms in total. The molecule has 2 aliphatic rings. The number of aromatic nitrogens is 2. The molecule has 0 radical (unpaired) electrons. The van der Waals surface area contributed by atoms with Gasteiger partial charge >= 0.3 is 0 Å². The first-order valence-corrected chi connectivity index (χ1v) is 10.8. The van der Waals surface area contributed by atoms with E-state index in [-0.39, 0.29) is 12.1 Å². The van der Waals surface area contributed by atoms with Crippen LogP contribution in [0.25, 0.3) is 11.3 Å². The standard InChI is InChI=1S/C22H28ClFN4O/c1-28-10-8-17(9-11-28)29-18-6-7-20(25-13-18)19-14-26-22(23)12-21(19)27-16-4-2-15(24)3-5-16/h6-7,12-17H,2-5,8-11H2,1H3,(H,26,27). The Morgan fingerprint density at radius 1 is 1.07 bits per heavy atom. The van der Waals surface area contributed by atoms with Gasteiger partial charge in [-0.1, -0.05) is 11.6 Å². The van der Waals surface area contributed by atoms with Crippen molar-refractivity contribution in [3.63, 3.8) is 0 Å². The van der Waals surface area contributed by atoms with Gasteiger partial charge in [0.05, 0.1) is 11.9 Å². The summed E-state index contributed by atoms with van der Waals surface area (Å²) in [4.78, 5) is 11.2. The maximum Gasteiger partial charge on any atom is 0.138 e. The minimum Gasteiger partial charge on any atom is -0.489 e. The Hall–Kier alpha value is -1.92. The molecule has 1 aliphatic carbocycles. The number of alkyl halides is 1. The number of piperidine rings is 1. The zero-order chi connectivity index (χ0) is 20.2. The van der Waals surface area contributed by atoms with E-state index in [1.165, 1.54) is 0 Å². The fraction of sp³-hybridized carbons (Fsp3) is 0.545. The molecule has 0 atom stereocenters. The second-order valence-corrected chi connectivity index (χ2v) is 8.53. The van der Waals surface area contributed by atoms with Crippen molar-refractivity contribution in [2.45, 2.75) is 56.8 Å². The molecule has 3 heterocycles. The van der Waals surface area contributed by atoms with Gasteiger partial charge in [0.15, 0.2) is 0 Å². The maximum atomic E-state index is 13.4. The van der Waals surface area contributed by atoms with Crippen LogP contribution in [0.3, 0.4) is 0 Å². The molecule has 0 bridgehead atoms. The quantitative estimate of drug-likeness (QED) is 0.695. The van der Waals surface area contributed by atoms with Crippen LogP contribution in [-0.2, 0) is 0 Å². The van der Waals surface area contributed by atoms with Crippen molar-refractivity contribution >= 4 is 17.3 Å². The van der Waals surface area contributed by atoms with Crippen molar-refractivity contribution < 1.29 is 9.13 Å². The summed E-state index contributed by atoms with van der Waals surface area (Å²) in [5, 5.41) is 3.96. The van der Waals surface area contributed by atoms with Crippen molar-refractivity contribution in [2.75, 3.05) is 25.5 Å². The highest BCUT2D eigenvalue weighted by Crippen LogP contribution is 2.32. The Balaban J connectivity index is 1.46. The van der Waals surface area contributed by atoms with Gasteiger partial charge in [0, 0.05) is 36.6 Å². The van der Waals surface area contributed by atoms with E-state index in [0.29, 0.717) is 18.0 Å². The van der Waals surface area contributed by atoms with E-state index < -0.39 is 6.17 Å². The Labute approximate surface area is 176 Å². The van der Waals surface area contributed by atoms with Crippen LogP contribution < -0.4 is 10.1 Å². The van der Waals surface area contributed by atoms with Gasteiger partial charge in [-0.15, -0.1) is 0 Å². The summed E-state index contributed by atoms with van der Waals surface area (Å²) in [5.41, 5.74) is 2.60. The topological polar surface area (TPSA) is 50.3 Å². The SMILES string of the molecule is CN1CCC(Oc2ccc(-c3cnc(Cl)cc3NC3CCC(F)CC3)nc2)CC1. The summed E-state index contributed by atoms with van der Waals surface area (Å²) in [6.07, 6.45) is 8.01. The minimum absolute atomic E-state index is 0.242. The average molecular weight is 419 g/mol. The predicted molar refractivity (Wildman–Crippen MR) is 114 cm³/mol. The molecule has 0 spiro atoms. The van der Waals surface area contributed by atoms with Crippen LogP contribution in [0.1, 0.15) is 38.5 Å². The lowest BCUT2D eigenvalue weighted by atomic mass is 9.93. The average Bonchev–Trinajstić information content (AvgIpc) is 2.72. The molecular weight excluding hydrogens is 391 g/mol. The zero-order valence-corrected chi connectivity index (χ0v) is 17.5. The second-order valence-electron chi connectivity index (χ2n) is 8.15. The smallest absolute Gasteiger partial charge is 0.138 e. The summed E-state index contributed by atoms with van der Waals surface area (Å²) in [5.74, 6) is 0.793. The number of ether oxygens (including phenoxy) is 1. The van der Waals surface area contributed by atoms with Crippen molar-refractivity contribution in [1.82, 2.24) is 14.9 Å². The zero-order valence-electron chi connectivity index (χ0n) is 16.8. The van der Waals surface area contributed by atoms with Crippen molar-refractivity contribution in [3.8, 4) is 17.0 Å². The Morgan fingerprint density at radius 3 is 2.52 bits per heavy atom. The molecule has 7 heteroatoms. The minimum atomic E-state index is -0.674. The largest absolute Gasteiger partial charge is 0.489 e. The monoisotopic (exact) mass is 418 g/mol. The van der Waals surface area contributed by atoms with Crippen LogP contribution in [-0.4, -0.2) is 53.3 Å². The van der Waals surface area contributed by atoms with E-state index in [1.54, 1.807) is 12.4 Å². The van der Waals surface area contributed by atoms with E-state index in [1.807, 2.05) is 18.2 Å². The van der Waals surface area contributed by atoms with Gasteiger partial charge < -0.3 is 15.0 Å². The highest BCUT2D eigenvalue weighted by atomic mass is 35.5. The number of hydrogen-bond donors (Lipinski definition) is 1. The summed E-state index contributed by atoms with van der Waals surface area (Å²) in [6, 6.07) is 5.99. The van der Waals surface area contributed by atoms with E-state index in [4.69, 9.17) is 16.3 Å². The lowest BCUT2D eigenvalue weighted by Gasteiger charge is -2.29. The number of hydrogen-bond acceptors (Lipinski definition) is 5. The third kappa shape index (κ3) is 5.37. The molecule has 29 heavy (non-hydrogen) atoms. The third-order valence-electron chi connectivity index (χ3n) is 5.87. The van der Waals surface area contributed by atoms with Crippen molar-refractivity contribution in [3.05, 3.63) is 35.7 Å². The van der Waals surface area contributed by atoms with Gasteiger partial charge in [0.1, 0.15) is 23.2 Å². The molecule has 156 valence electrons. The molecule has 2 aromatic rings. The van der Waals surface area contributed by atoms with Crippen molar-refractivity contribution in [1.29, 1.82) is 0 Å². The molecular formula is C22H28ClFN4O. The fourth-order valence-corrected chi connectivity index (χ4v) is 4.23. The molecule has 4 rings (SSSR count). The van der Waals surface area contributed by atoms with E-state index in [2.05, 4.69) is 27.2 Å². The molecule has 1 aliphatic heterocycles. The number of nitrogens with one attached hydrogen (secondary N) is 1. The lowest BCUT2D eigenvalue weighted by Crippen LogP contribution is -2.35. The summed E-state index contributed by atoms with van der Waals surface area (Å²) in [7, 11) is 2.14. The predicted octanol–water partition coefficient (Wildman–Crippen LogP) is 4.96. The van der Waals surface area contributed by atoms with Crippen LogP contribution in [0, 0.1) is 0 Å². The van der Waals surface area contributed by atoms with Crippen LogP contribution in [0.5, 0.6) is 5.75 Å². The third-order valence-corrected chi connectivity index (χ3v) is 6.07. The number of halogens is 2. The molecule has 0 aromatic carbocycles. The van der Waals surface area contributed by atoms with Gasteiger partial charge in [-0.3, -0.25) is 4.98 Å². The number of nitrogens with zero attached hydrogens (tertiary/aromatic N) is 3. The van der Waals surface area contributed by atoms with Gasteiger partial charge in [0.2, 0.25) is 0 Å². The second kappa shape index (κ2) is 9.26. The van der Waals surface area contributed by atoms with Crippen LogP contribution in [0.4, 0.5) is 10.1 Å². The Kier molecular flexibility index (Phi) is 6.50. The van der Waals surface area contributed by atoms with Crippen molar-refractivity contribution in [2.24, 2.45) is 0 Å². The highest BCUT2D eigenvalue weighted by molar-refractivity contribution is 6.29. The maximum absolute atomic E-state index is 13.4. The summed E-state index contributed by atoms with van der Waals surface area (Å²) >= 11 is 6.13. The number of pyridine rings is 2. The molecule has 1 N–H and O–H groups in total. The van der Waals surface area contributed by atoms with Crippen LogP contribution >= 0.6 is 11.6 Å². The molecule has 2 fully saturated rings. The van der Waals surface area contributed by atoms with Gasteiger partial charge in [-0.2, -0.15) is 0 Å². The molecule has 1 saturated carbocycles. The molecule has 0 unspecified atom stereocenters. The normalized spacial score (nSPS) is 23.7. The Morgan fingerprint density at radius 2 is 1.83 bits per heavy atom. The summed E-state index contributed by atoms with van der Waals surface area (Å²) in [6.45, 7) is 2.12. The molecule has 0 amide bonds. The van der Waals surface area contributed by atoms with E-state index in [0.717, 1.165) is 61.5 Å². The highest BCUT2D eigenvalue weighted by Gasteiger charge is 2.22. The Bertz CT molecular complexity index is 803. The van der Waals surface area contributed by atoms with E-state index >= 15 is 0 Å². The van der Waals surface area contributed by atoms with Crippen LogP contribution in [0.2, 0.25) is 5.15 Å². The van der Waals surface area contributed by atoms with Crippen LogP contribution in [0.15, 0.2) is 30.6 Å². The first-order valence-electron chi connectivity index (χ1n) is 10.4. The number of anilines is 1. The molecule has 2 aromatic heterocycles. The number of likely N-dealkylation sites (tertiary alicyclic amines) is 1.